The molecule has 1 fully saturated rings. The van der Waals surface area contributed by atoms with E-state index >= 15 is 0 Å². The van der Waals surface area contributed by atoms with E-state index < -0.39 is 0 Å². The van der Waals surface area contributed by atoms with E-state index in [-0.39, 0.29) is 0 Å². The molecule has 1 aliphatic rings. The minimum absolute atomic E-state index is 0.293. The molecule has 2 unspecified atom stereocenters. The standard InChI is InChI=1S/C14H20BrClN2/c1-10(17)12-3-2-6-18(9-12)8-11-4-5-13(15)14(16)7-11/h4-5,7,10,12H,2-3,6,8-9,17H2,1H3. The number of piperidine rings is 1. The van der Waals surface area contributed by atoms with Crippen LogP contribution in [0.3, 0.4) is 0 Å². The van der Waals surface area contributed by atoms with Crippen LogP contribution in [0.2, 0.25) is 5.02 Å². The van der Waals surface area contributed by atoms with Gasteiger partial charge in [-0.15, -0.1) is 0 Å². The molecule has 4 heteroatoms. The molecule has 1 aromatic carbocycles. The van der Waals surface area contributed by atoms with E-state index in [2.05, 4.69) is 33.8 Å². The molecule has 2 nitrogen and oxygen atoms in total. The molecule has 1 aromatic rings. The molecule has 0 bridgehead atoms. The maximum Gasteiger partial charge on any atom is 0.0551 e. The van der Waals surface area contributed by atoms with Crippen LogP contribution in [0.5, 0.6) is 0 Å². The zero-order valence-electron chi connectivity index (χ0n) is 10.7. The summed E-state index contributed by atoms with van der Waals surface area (Å²) >= 11 is 9.55. The Labute approximate surface area is 123 Å². The van der Waals surface area contributed by atoms with Crippen molar-refractivity contribution in [3.63, 3.8) is 0 Å². The van der Waals surface area contributed by atoms with Crippen molar-refractivity contribution in [2.45, 2.75) is 32.4 Å². The lowest BCUT2D eigenvalue weighted by atomic mass is 9.92. The molecule has 0 amide bonds. The van der Waals surface area contributed by atoms with Crippen LogP contribution in [0.15, 0.2) is 22.7 Å². The van der Waals surface area contributed by atoms with Gasteiger partial charge in [-0.1, -0.05) is 17.7 Å². The minimum Gasteiger partial charge on any atom is -0.328 e. The fourth-order valence-electron chi connectivity index (χ4n) is 2.56. The van der Waals surface area contributed by atoms with E-state index in [1.165, 1.54) is 18.4 Å². The van der Waals surface area contributed by atoms with Crippen LogP contribution in [-0.2, 0) is 6.54 Å². The number of hydrogen-bond donors (Lipinski definition) is 1. The summed E-state index contributed by atoms with van der Waals surface area (Å²) in [6, 6.07) is 6.48. The van der Waals surface area contributed by atoms with E-state index in [4.69, 9.17) is 17.3 Å². The lowest BCUT2D eigenvalue weighted by molar-refractivity contribution is 0.154. The maximum atomic E-state index is 6.13. The Hall–Kier alpha value is -0.0900. The van der Waals surface area contributed by atoms with Crippen molar-refractivity contribution in [1.82, 2.24) is 4.90 Å². The molecule has 2 atom stereocenters. The molecule has 2 N–H and O–H groups in total. The van der Waals surface area contributed by atoms with Gasteiger partial charge in [-0.2, -0.15) is 0 Å². The largest absolute Gasteiger partial charge is 0.328 e. The molecule has 0 saturated carbocycles. The number of nitrogens with two attached hydrogens (primary N) is 1. The van der Waals surface area contributed by atoms with E-state index in [9.17, 15) is 0 Å². The second kappa shape index (κ2) is 6.38. The Morgan fingerprint density at radius 3 is 3.00 bits per heavy atom. The third kappa shape index (κ3) is 3.70. The number of nitrogens with zero attached hydrogens (tertiary/aromatic N) is 1. The summed E-state index contributed by atoms with van der Waals surface area (Å²) in [5.41, 5.74) is 7.28. The fraction of sp³-hybridized carbons (Fsp3) is 0.571. The number of halogens is 2. The summed E-state index contributed by atoms with van der Waals surface area (Å²) in [5.74, 6) is 0.629. The van der Waals surface area contributed by atoms with E-state index in [1.54, 1.807) is 0 Å². The van der Waals surface area contributed by atoms with Crippen LogP contribution < -0.4 is 5.73 Å². The summed E-state index contributed by atoms with van der Waals surface area (Å²) in [7, 11) is 0. The first-order valence-corrected chi connectivity index (χ1v) is 7.65. The molecule has 0 radical (unpaired) electrons. The number of rotatable bonds is 3. The molecule has 0 spiro atoms. The van der Waals surface area contributed by atoms with Crippen LogP contribution in [0.25, 0.3) is 0 Å². The molecular formula is C14H20BrClN2. The van der Waals surface area contributed by atoms with E-state index in [1.807, 2.05) is 12.1 Å². The second-order valence-electron chi connectivity index (χ2n) is 5.25. The monoisotopic (exact) mass is 330 g/mol. The van der Waals surface area contributed by atoms with Gasteiger partial charge in [0, 0.05) is 23.6 Å². The first-order chi connectivity index (χ1) is 8.56. The van der Waals surface area contributed by atoms with Crippen LogP contribution in [0, 0.1) is 5.92 Å². The van der Waals surface area contributed by atoms with Crippen LogP contribution in [0.1, 0.15) is 25.3 Å². The van der Waals surface area contributed by atoms with Gasteiger partial charge in [0.2, 0.25) is 0 Å². The lowest BCUT2D eigenvalue weighted by Crippen LogP contribution is -2.41. The molecule has 1 saturated heterocycles. The van der Waals surface area contributed by atoms with Crippen LogP contribution in [0.4, 0.5) is 0 Å². The Morgan fingerprint density at radius 1 is 1.56 bits per heavy atom. The number of likely N-dealkylation sites (tertiary alicyclic amines) is 1. The summed E-state index contributed by atoms with van der Waals surface area (Å²) in [6.07, 6.45) is 2.51. The van der Waals surface area contributed by atoms with Gasteiger partial charge in [0.25, 0.3) is 0 Å². The SMILES string of the molecule is CC(N)C1CCCN(Cc2ccc(Br)c(Cl)c2)C1. The van der Waals surface area contributed by atoms with Crippen LogP contribution in [-0.4, -0.2) is 24.0 Å². The van der Waals surface area contributed by atoms with Crippen molar-refractivity contribution in [3.05, 3.63) is 33.3 Å². The van der Waals surface area contributed by atoms with E-state index in [0.717, 1.165) is 29.1 Å². The van der Waals surface area contributed by atoms with Crippen molar-refractivity contribution >= 4 is 27.5 Å². The smallest absolute Gasteiger partial charge is 0.0551 e. The Kier molecular flexibility index (Phi) is 5.07. The molecular weight excluding hydrogens is 312 g/mol. The first-order valence-electron chi connectivity index (χ1n) is 6.48. The molecule has 0 aromatic heterocycles. The molecule has 100 valence electrons. The summed E-state index contributed by atoms with van der Waals surface area (Å²) in [5, 5.41) is 0.785. The van der Waals surface area contributed by atoms with E-state index in [0.29, 0.717) is 12.0 Å². The van der Waals surface area contributed by atoms with Gasteiger partial charge in [-0.05, 0) is 65.9 Å². The Bertz CT molecular complexity index is 409. The molecule has 18 heavy (non-hydrogen) atoms. The molecule has 2 rings (SSSR count). The zero-order valence-corrected chi connectivity index (χ0v) is 13.0. The number of benzene rings is 1. The highest BCUT2D eigenvalue weighted by Gasteiger charge is 2.22. The Balaban J connectivity index is 1.98. The first kappa shape index (κ1) is 14.3. The summed E-state index contributed by atoms with van der Waals surface area (Å²) in [6.45, 7) is 5.35. The normalized spacial score (nSPS) is 23.0. The van der Waals surface area contributed by atoms with Crippen molar-refractivity contribution in [2.75, 3.05) is 13.1 Å². The van der Waals surface area contributed by atoms with Gasteiger partial charge in [0.1, 0.15) is 0 Å². The minimum atomic E-state index is 0.293. The van der Waals surface area contributed by atoms with Gasteiger partial charge in [-0.25, -0.2) is 0 Å². The highest BCUT2D eigenvalue weighted by atomic mass is 79.9. The molecule has 1 heterocycles. The highest BCUT2D eigenvalue weighted by molar-refractivity contribution is 9.10. The summed E-state index contributed by atoms with van der Waals surface area (Å²) in [4.78, 5) is 2.48. The van der Waals surface area contributed by atoms with Gasteiger partial charge in [0.05, 0.1) is 5.02 Å². The second-order valence-corrected chi connectivity index (χ2v) is 6.51. The highest BCUT2D eigenvalue weighted by Crippen LogP contribution is 2.25. The predicted molar refractivity (Wildman–Crippen MR) is 80.8 cm³/mol. The van der Waals surface area contributed by atoms with Gasteiger partial charge in [-0.3, -0.25) is 4.90 Å². The van der Waals surface area contributed by atoms with Crippen molar-refractivity contribution in [3.8, 4) is 0 Å². The third-order valence-electron chi connectivity index (χ3n) is 3.68. The predicted octanol–water partition coefficient (Wildman–Crippen LogP) is 3.66. The molecule has 0 aliphatic carbocycles. The zero-order chi connectivity index (χ0) is 13.1. The maximum absolute atomic E-state index is 6.13. The average Bonchev–Trinajstić information content (AvgIpc) is 2.34. The fourth-order valence-corrected chi connectivity index (χ4v) is 3.01. The Morgan fingerprint density at radius 2 is 2.33 bits per heavy atom. The quantitative estimate of drug-likeness (QED) is 0.916. The van der Waals surface area contributed by atoms with Gasteiger partial charge < -0.3 is 5.73 Å². The van der Waals surface area contributed by atoms with Crippen molar-refractivity contribution in [2.24, 2.45) is 11.7 Å². The third-order valence-corrected chi connectivity index (χ3v) is 4.91. The lowest BCUT2D eigenvalue weighted by Gasteiger charge is -2.34. The molecule has 1 aliphatic heterocycles. The topological polar surface area (TPSA) is 29.3 Å². The van der Waals surface area contributed by atoms with Gasteiger partial charge >= 0.3 is 0 Å². The number of hydrogen-bond acceptors (Lipinski definition) is 2. The van der Waals surface area contributed by atoms with Crippen molar-refractivity contribution < 1.29 is 0 Å². The summed E-state index contributed by atoms with van der Waals surface area (Å²) < 4.78 is 0.958. The van der Waals surface area contributed by atoms with Gasteiger partial charge in [0.15, 0.2) is 0 Å². The van der Waals surface area contributed by atoms with Crippen LogP contribution >= 0.6 is 27.5 Å². The average molecular weight is 332 g/mol. The van der Waals surface area contributed by atoms with Crippen molar-refractivity contribution in [1.29, 1.82) is 0 Å².